The predicted octanol–water partition coefficient (Wildman–Crippen LogP) is 0.977. The van der Waals surface area contributed by atoms with Crippen molar-refractivity contribution in [2.75, 3.05) is 0 Å². The van der Waals surface area contributed by atoms with Crippen molar-refractivity contribution in [3.05, 3.63) is 28.6 Å². The molecule has 90 valence electrons. The van der Waals surface area contributed by atoms with Crippen LogP contribution in [0.3, 0.4) is 0 Å². The summed E-state index contributed by atoms with van der Waals surface area (Å²) in [6.07, 6.45) is -3.33. The van der Waals surface area contributed by atoms with Crippen LogP contribution in [-0.2, 0) is 17.8 Å². The molecular weight excluding hydrogens is 232 g/mol. The summed E-state index contributed by atoms with van der Waals surface area (Å²) in [6.45, 7) is -0.123. The zero-order valence-corrected chi connectivity index (χ0v) is 8.65. The number of halogens is 2. The summed E-state index contributed by atoms with van der Waals surface area (Å²) in [7, 11) is 0. The fraction of sp³-hybridized carbons (Fsp3) is 0.300. The molecule has 0 radical (unpaired) electrons. The first-order valence-corrected chi connectivity index (χ1v) is 4.62. The smallest absolute Gasteiger partial charge is 0.307 e. The minimum atomic E-state index is -2.86. The quantitative estimate of drug-likeness (QED) is 0.818. The van der Waals surface area contributed by atoms with Crippen LogP contribution in [0.4, 0.5) is 8.78 Å². The van der Waals surface area contributed by atoms with Crippen LogP contribution in [0.1, 0.15) is 28.9 Å². The predicted molar refractivity (Wildman–Crippen MR) is 53.1 cm³/mol. The van der Waals surface area contributed by atoms with Crippen molar-refractivity contribution in [1.82, 2.24) is 4.98 Å². The van der Waals surface area contributed by atoms with Crippen LogP contribution in [-0.4, -0.2) is 16.1 Å². The third kappa shape index (κ3) is 2.95. The number of aromatic nitrogens is 1. The molecule has 0 aromatic carbocycles. The van der Waals surface area contributed by atoms with E-state index in [1.54, 1.807) is 6.07 Å². The SMILES string of the molecule is N#Cc1nc(C(F)F)cc(CC(=O)O)c1CN. The lowest BCUT2D eigenvalue weighted by Gasteiger charge is -2.09. The fourth-order valence-corrected chi connectivity index (χ4v) is 1.40. The summed E-state index contributed by atoms with van der Waals surface area (Å²) in [5.41, 5.74) is 4.79. The number of nitriles is 1. The van der Waals surface area contributed by atoms with Crippen LogP contribution in [0.2, 0.25) is 0 Å². The highest BCUT2D eigenvalue weighted by molar-refractivity contribution is 5.71. The molecule has 0 bridgehead atoms. The number of pyridine rings is 1. The van der Waals surface area contributed by atoms with Gasteiger partial charge in [0.1, 0.15) is 17.5 Å². The zero-order valence-electron chi connectivity index (χ0n) is 8.65. The second-order valence-corrected chi connectivity index (χ2v) is 3.22. The van der Waals surface area contributed by atoms with Crippen LogP contribution >= 0.6 is 0 Å². The van der Waals surface area contributed by atoms with E-state index in [2.05, 4.69) is 4.98 Å². The molecule has 1 rings (SSSR count). The topological polar surface area (TPSA) is 100 Å². The first kappa shape index (κ1) is 13.0. The van der Waals surface area contributed by atoms with Gasteiger partial charge >= 0.3 is 5.97 Å². The summed E-state index contributed by atoms with van der Waals surface area (Å²) in [5, 5.41) is 17.4. The molecule has 1 aromatic rings. The summed E-state index contributed by atoms with van der Waals surface area (Å²) in [5.74, 6) is -1.19. The van der Waals surface area contributed by atoms with Crippen molar-refractivity contribution in [1.29, 1.82) is 5.26 Å². The van der Waals surface area contributed by atoms with E-state index >= 15 is 0 Å². The molecule has 1 heterocycles. The average Bonchev–Trinajstić information content (AvgIpc) is 2.26. The zero-order chi connectivity index (χ0) is 13.0. The highest BCUT2D eigenvalue weighted by atomic mass is 19.3. The first-order chi connectivity index (χ1) is 7.99. The molecule has 1 aromatic heterocycles. The van der Waals surface area contributed by atoms with Gasteiger partial charge in [0.15, 0.2) is 0 Å². The number of carbonyl (C=O) groups is 1. The van der Waals surface area contributed by atoms with E-state index in [0.717, 1.165) is 6.07 Å². The van der Waals surface area contributed by atoms with E-state index < -0.39 is 24.5 Å². The number of nitrogens with zero attached hydrogens (tertiary/aromatic N) is 2. The summed E-state index contributed by atoms with van der Waals surface area (Å²) in [6, 6.07) is 2.61. The molecule has 0 aliphatic rings. The molecule has 3 N–H and O–H groups in total. The van der Waals surface area contributed by atoms with Crippen molar-refractivity contribution in [3.8, 4) is 6.07 Å². The van der Waals surface area contributed by atoms with E-state index in [0.29, 0.717) is 0 Å². The van der Waals surface area contributed by atoms with Crippen molar-refractivity contribution < 1.29 is 18.7 Å². The van der Waals surface area contributed by atoms with Crippen molar-refractivity contribution in [3.63, 3.8) is 0 Å². The van der Waals surface area contributed by atoms with Crippen LogP contribution < -0.4 is 5.73 Å². The van der Waals surface area contributed by atoms with Crippen molar-refractivity contribution >= 4 is 5.97 Å². The number of carboxylic acid groups (broad SMARTS) is 1. The third-order valence-corrected chi connectivity index (χ3v) is 2.11. The van der Waals surface area contributed by atoms with Crippen LogP contribution in [0.25, 0.3) is 0 Å². The van der Waals surface area contributed by atoms with E-state index in [4.69, 9.17) is 16.1 Å². The minimum Gasteiger partial charge on any atom is -0.481 e. The molecular formula is C10H9F2N3O2. The largest absolute Gasteiger partial charge is 0.481 e. The molecule has 0 aliphatic carbocycles. The molecule has 0 saturated carbocycles. The highest BCUT2D eigenvalue weighted by Gasteiger charge is 2.18. The van der Waals surface area contributed by atoms with Crippen molar-refractivity contribution in [2.45, 2.75) is 19.4 Å². The van der Waals surface area contributed by atoms with E-state index in [1.165, 1.54) is 0 Å². The number of hydrogen-bond acceptors (Lipinski definition) is 4. The number of hydrogen-bond donors (Lipinski definition) is 2. The Bertz CT molecular complexity index is 483. The maximum absolute atomic E-state index is 12.5. The van der Waals surface area contributed by atoms with Crippen LogP contribution in [0.5, 0.6) is 0 Å². The van der Waals surface area contributed by atoms with Gasteiger partial charge in [0.2, 0.25) is 0 Å². The Labute approximate surface area is 95.5 Å². The molecule has 0 saturated heterocycles. The molecule has 0 fully saturated rings. The Morgan fingerprint density at radius 2 is 2.29 bits per heavy atom. The van der Waals surface area contributed by atoms with Gasteiger partial charge in [0.25, 0.3) is 6.43 Å². The Morgan fingerprint density at radius 1 is 1.65 bits per heavy atom. The monoisotopic (exact) mass is 241 g/mol. The molecule has 0 unspecified atom stereocenters. The number of carboxylic acids is 1. The number of aliphatic carboxylic acids is 1. The molecule has 0 spiro atoms. The molecule has 0 atom stereocenters. The van der Waals surface area contributed by atoms with Crippen LogP contribution in [0, 0.1) is 11.3 Å². The second kappa shape index (κ2) is 5.32. The van der Waals surface area contributed by atoms with Gasteiger partial charge in [-0.05, 0) is 11.6 Å². The number of alkyl halides is 2. The first-order valence-electron chi connectivity index (χ1n) is 4.62. The maximum Gasteiger partial charge on any atom is 0.307 e. The molecule has 17 heavy (non-hydrogen) atoms. The Morgan fingerprint density at radius 3 is 2.71 bits per heavy atom. The van der Waals surface area contributed by atoms with Crippen molar-refractivity contribution in [2.24, 2.45) is 5.73 Å². The number of nitrogens with two attached hydrogens (primary N) is 1. The molecule has 0 amide bonds. The van der Waals surface area contributed by atoms with Gasteiger partial charge in [0.05, 0.1) is 6.42 Å². The normalized spacial score (nSPS) is 10.3. The summed E-state index contributed by atoms with van der Waals surface area (Å²) in [4.78, 5) is 14.0. The van der Waals surface area contributed by atoms with Gasteiger partial charge < -0.3 is 10.8 Å². The van der Waals surface area contributed by atoms with Gasteiger partial charge in [-0.25, -0.2) is 13.8 Å². The van der Waals surface area contributed by atoms with E-state index in [-0.39, 0.29) is 23.4 Å². The highest BCUT2D eigenvalue weighted by Crippen LogP contribution is 2.22. The standard InChI is InChI=1S/C10H9F2N3O2/c11-10(12)7-1-5(2-9(16)17)6(3-13)8(4-14)15-7/h1,10H,2-3,13H2,(H,16,17). The van der Waals surface area contributed by atoms with E-state index in [1.807, 2.05) is 0 Å². The van der Waals surface area contributed by atoms with Gasteiger partial charge in [-0.15, -0.1) is 0 Å². The Kier molecular flexibility index (Phi) is 4.06. The lowest BCUT2D eigenvalue weighted by Crippen LogP contribution is -2.12. The molecule has 0 aliphatic heterocycles. The van der Waals surface area contributed by atoms with Gasteiger partial charge in [0, 0.05) is 12.1 Å². The average molecular weight is 241 g/mol. The fourth-order valence-electron chi connectivity index (χ4n) is 1.40. The third-order valence-electron chi connectivity index (χ3n) is 2.11. The summed E-state index contributed by atoms with van der Waals surface area (Å²) >= 11 is 0. The lowest BCUT2D eigenvalue weighted by atomic mass is 10.0. The maximum atomic E-state index is 12.5. The summed E-state index contributed by atoms with van der Waals surface area (Å²) < 4.78 is 25.0. The van der Waals surface area contributed by atoms with Gasteiger partial charge in [-0.3, -0.25) is 4.79 Å². The van der Waals surface area contributed by atoms with E-state index in [9.17, 15) is 13.6 Å². The Balaban J connectivity index is 3.38. The number of rotatable bonds is 4. The Hall–Kier alpha value is -2.07. The minimum absolute atomic E-state index is 0.0989. The molecule has 7 heteroatoms. The molecule has 5 nitrogen and oxygen atoms in total. The second-order valence-electron chi connectivity index (χ2n) is 3.22. The van der Waals surface area contributed by atoms with Gasteiger partial charge in [-0.1, -0.05) is 0 Å². The van der Waals surface area contributed by atoms with Crippen LogP contribution in [0.15, 0.2) is 6.07 Å². The lowest BCUT2D eigenvalue weighted by molar-refractivity contribution is -0.136. The van der Waals surface area contributed by atoms with Gasteiger partial charge in [-0.2, -0.15) is 5.26 Å².